The Kier molecular flexibility index (Phi) is 19.4. The Balaban J connectivity index is 0. The van der Waals surface area contributed by atoms with Gasteiger partial charge in [-0.05, 0) is 11.5 Å². The lowest BCUT2D eigenvalue weighted by atomic mass is 10.0. The predicted octanol–water partition coefficient (Wildman–Crippen LogP) is 10.0. The van der Waals surface area contributed by atoms with Gasteiger partial charge in [0.15, 0.2) is 7.38 Å². The van der Waals surface area contributed by atoms with Crippen molar-refractivity contribution in [3.63, 3.8) is 0 Å². The Labute approximate surface area is 172 Å². The van der Waals surface area contributed by atoms with Crippen LogP contribution in [0, 0.1) is 0 Å². The van der Waals surface area contributed by atoms with Crippen LogP contribution in [0.15, 0.2) is 0 Å². The van der Waals surface area contributed by atoms with E-state index in [0.717, 1.165) is 0 Å². The predicted molar refractivity (Wildman–Crippen MR) is 127 cm³/mol. The third-order valence-electron chi connectivity index (χ3n) is 6.26. The molecule has 0 bridgehead atoms. The first-order valence-corrected chi connectivity index (χ1v) is 15.5. The number of hydrogen-bond donors (Lipinski definition) is 1. The van der Waals surface area contributed by atoms with Gasteiger partial charge in [-0.2, -0.15) is 11.1 Å². The highest BCUT2D eigenvalue weighted by Gasteiger charge is 2.36. The zero-order valence-electron chi connectivity index (χ0n) is 19.1. The summed E-state index contributed by atoms with van der Waals surface area (Å²) in [7, 11) is -1.52. The standard InChI is InChI=1S/C23H49ClSi.H3N/c1-6-7-8-9-10-11-12-13-14-15-16-17-18-19-20-21-22-23(2,3)25(4,5)24;/h6-22H2,1-5H3;1H3. The van der Waals surface area contributed by atoms with Crippen molar-refractivity contribution in [1.82, 2.24) is 6.15 Å². The van der Waals surface area contributed by atoms with Crippen LogP contribution in [-0.2, 0) is 0 Å². The molecule has 160 valence electrons. The average molecular weight is 406 g/mol. The molecule has 3 heteroatoms. The molecule has 0 heterocycles. The quantitative estimate of drug-likeness (QED) is 0.137. The highest BCUT2D eigenvalue weighted by molar-refractivity contribution is 7.20. The van der Waals surface area contributed by atoms with Gasteiger partial charge >= 0.3 is 0 Å². The van der Waals surface area contributed by atoms with Crippen LogP contribution in [0.4, 0.5) is 0 Å². The fourth-order valence-corrected chi connectivity index (χ4v) is 4.47. The van der Waals surface area contributed by atoms with Crippen LogP contribution in [0.2, 0.25) is 18.1 Å². The van der Waals surface area contributed by atoms with Gasteiger partial charge < -0.3 is 6.15 Å². The molecule has 0 rings (SSSR count). The number of rotatable bonds is 18. The molecule has 0 atom stereocenters. The largest absolute Gasteiger partial charge is 0.344 e. The molecule has 0 spiro atoms. The Morgan fingerprint density at radius 3 is 1.12 bits per heavy atom. The lowest BCUT2D eigenvalue weighted by Crippen LogP contribution is -2.32. The lowest BCUT2D eigenvalue weighted by Gasteiger charge is -2.34. The minimum atomic E-state index is -1.52. The zero-order chi connectivity index (χ0) is 19.0. The molecule has 0 unspecified atom stereocenters. The SMILES string of the molecule is CCCCCCCCCCCCCCCCCCC(C)(C)[Si](C)(C)Cl.N. The summed E-state index contributed by atoms with van der Waals surface area (Å²) in [6.45, 7) is 11.6. The monoisotopic (exact) mass is 405 g/mol. The molecule has 26 heavy (non-hydrogen) atoms. The average Bonchev–Trinajstić information content (AvgIpc) is 2.53. The number of unbranched alkanes of at least 4 members (excludes halogenated alkanes) is 15. The second-order valence-electron chi connectivity index (χ2n) is 9.41. The van der Waals surface area contributed by atoms with E-state index in [1.807, 2.05) is 0 Å². The summed E-state index contributed by atoms with van der Waals surface area (Å²) in [5, 5.41) is 0.380. The molecule has 0 saturated heterocycles. The molecule has 0 aliphatic rings. The van der Waals surface area contributed by atoms with Crippen LogP contribution in [0.5, 0.6) is 0 Å². The third-order valence-corrected chi connectivity index (χ3v) is 11.3. The summed E-state index contributed by atoms with van der Waals surface area (Å²) in [5.41, 5.74) is 0. The van der Waals surface area contributed by atoms with Gasteiger partial charge in [0.1, 0.15) is 0 Å². The summed E-state index contributed by atoms with van der Waals surface area (Å²) >= 11 is 6.63. The molecule has 0 aliphatic heterocycles. The van der Waals surface area contributed by atoms with E-state index in [9.17, 15) is 0 Å². The molecule has 0 aromatic heterocycles. The van der Waals surface area contributed by atoms with Gasteiger partial charge in [0.05, 0.1) is 0 Å². The van der Waals surface area contributed by atoms with E-state index >= 15 is 0 Å². The van der Waals surface area contributed by atoms with Gasteiger partial charge in [0.25, 0.3) is 0 Å². The van der Waals surface area contributed by atoms with Gasteiger partial charge in [0.2, 0.25) is 0 Å². The Bertz CT molecular complexity index is 286. The molecule has 3 N–H and O–H groups in total. The van der Waals surface area contributed by atoms with Crippen molar-refractivity contribution < 1.29 is 0 Å². The van der Waals surface area contributed by atoms with E-state index in [-0.39, 0.29) is 6.15 Å². The fraction of sp³-hybridized carbons (Fsp3) is 1.00. The molecular weight excluding hydrogens is 354 g/mol. The van der Waals surface area contributed by atoms with E-state index in [0.29, 0.717) is 5.04 Å². The first kappa shape index (κ1) is 28.7. The topological polar surface area (TPSA) is 35.0 Å². The fourth-order valence-electron chi connectivity index (χ4n) is 3.41. The zero-order valence-corrected chi connectivity index (χ0v) is 20.9. The van der Waals surface area contributed by atoms with Crippen molar-refractivity contribution in [2.75, 3.05) is 0 Å². The summed E-state index contributed by atoms with van der Waals surface area (Å²) in [6.07, 6.45) is 24.4. The smallest absolute Gasteiger partial charge is 0.156 e. The van der Waals surface area contributed by atoms with Gasteiger partial charge in [-0.25, -0.2) is 0 Å². The maximum absolute atomic E-state index is 6.63. The first-order chi connectivity index (χ1) is 11.8. The van der Waals surface area contributed by atoms with Gasteiger partial charge in [-0.1, -0.05) is 137 Å². The Hall–Kier alpha value is 0.467. The Morgan fingerprint density at radius 2 is 0.846 bits per heavy atom. The first-order valence-electron chi connectivity index (χ1n) is 11.5. The maximum Gasteiger partial charge on any atom is 0.156 e. The molecule has 0 fully saturated rings. The van der Waals surface area contributed by atoms with Crippen LogP contribution >= 0.6 is 11.1 Å². The molecule has 0 radical (unpaired) electrons. The highest BCUT2D eigenvalue weighted by Crippen LogP contribution is 2.44. The molecule has 0 aromatic carbocycles. The van der Waals surface area contributed by atoms with Crippen LogP contribution in [0.1, 0.15) is 130 Å². The van der Waals surface area contributed by atoms with Gasteiger partial charge in [-0.15, -0.1) is 0 Å². The van der Waals surface area contributed by atoms with Crippen molar-refractivity contribution in [2.24, 2.45) is 0 Å². The van der Waals surface area contributed by atoms with Crippen LogP contribution in [0.3, 0.4) is 0 Å². The normalized spacial score (nSPS) is 12.2. The van der Waals surface area contributed by atoms with Crippen molar-refractivity contribution in [3.8, 4) is 0 Å². The summed E-state index contributed by atoms with van der Waals surface area (Å²) < 4.78 is 0. The number of hydrogen-bond acceptors (Lipinski definition) is 1. The molecule has 0 saturated carbocycles. The minimum absolute atomic E-state index is 0. The maximum atomic E-state index is 6.63. The molecule has 0 amide bonds. The minimum Gasteiger partial charge on any atom is -0.344 e. The summed E-state index contributed by atoms with van der Waals surface area (Å²) in [5.74, 6) is 0. The van der Waals surface area contributed by atoms with Gasteiger partial charge in [-0.3, -0.25) is 0 Å². The third kappa shape index (κ3) is 16.6. The molecule has 0 aliphatic carbocycles. The second-order valence-corrected chi connectivity index (χ2v) is 16.5. The van der Waals surface area contributed by atoms with E-state index in [2.05, 4.69) is 33.9 Å². The van der Waals surface area contributed by atoms with Crippen molar-refractivity contribution >= 4 is 18.5 Å². The van der Waals surface area contributed by atoms with E-state index in [1.54, 1.807) is 0 Å². The van der Waals surface area contributed by atoms with E-state index in [4.69, 9.17) is 11.1 Å². The molecule has 1 nitrogen and oxygen atoms in total. The summed E-state index contributed by atoms with van der Waals surface area (Å²) in [4.78, 5) is 0. The van der Waals surface area contributed by atoms with E-state index < -0.39 is 7.38 Å². The lowest BCUT2D eigenvalue weighted by molar-refractivity contribution is 0.504. The van der Waals surface area contributed by atoms with Crippen molar-refractivity contribution in [1.29, 1.82) is 0 Å². The molecule has 0 aromatic rings. The highest BCUT2D eigenvalue weighted by atomic mass is 35.6. The Morgan fingerprint density at radius 1 is 0.577 bits per heavy atom. The van der Waals surface area contributed by atoms with Gasteiger partial charge in [0, 0.05) is 0 Å². The van der Waals surface area contributed by atoms with Crippen molar-refractivity contribution in [2.45, 2.75) is 148 Å². The van der Waals surface area contributed by atoms with Crippen LogP contribution < -0.4 is 6.15 Å². The van der Waals surface area contributed by atoms with E-state index in [1.165, 1.54) is 109 Å². The summed E-state index contributed by atoms with van der Waals surface area (Å²) in [6, 6.07) is 0. The second kappa shape index (κ2) is 17.6. The van der Waals surface area contributed by atoms with Crippen LogP contribution in [0.25, 0.3) is 0 Å². The van der Waals surface area contributed by atoms with Crippen LogP contribution in [-0.4, -0.2) is 7.38 Å². The molecular formula is C23H52ClNSi. The van der Waals surface area contributed by atoms with Crippen molar-refractivity contribution in [3.05, 3.63) is 0 Å². The number of halogens is 1.